The number of nitrogens with zero attached hydrogens (tertiary/aromatic N) is 1. The van der Waals surface area contributed by atoms with Crippen LogP contribution in [-0.2, 0) is 4.79 Å². The molecule has 1 saturated heterocycles. The molecule has 1 aliphatic rings. The first kappa shape index (κ1) is 16.1. The lowest BCUT2D eigenvalue weighted by Crippen LogP contribution is -2.41. The number of amides is 1. The second kappa shape index (κ2) is 7.15. The quantitative estimate of drug-likeness (QED) is 0.900. The smallest absolute Gasteiger partial charge is 0.335 e. The monoisotopic (exact) mass is 307 g/mol. The Morgan fingerprint density at radius 2 is 2.14 bits per heavy atom. The second-order valence-electron chi connectivity index (χ2n) is 5.55. The summed E-state index contributed by atoms with van der Waals surface area (Å²) in [5.74, 6) is 0.0897. The van der Waals surface area contributed by atoms with Crippen molar-refractivity contribution < 1.29 is 24.2 Å². The number of carboxylic acid groups (broad SMARTS) is 1. The average Bonchev–Trinajstić information content (AvgIpc) is 2.52. The molecular weight excluding hydrogens is 286 g/mol. The van der Waals surface area contributed by atoms with E-state index in [1.54, 1.807) is 0 Å². The van der Waals surface area contributed by atoms with Gasteiger partial charge in [-0.1, -0.05) is 6.92 Å². The number of ether oxygens (including phenoxy) is 2. The van der Waals surface area contributed by atoms with Crippen LogP contribution < -0.4 is 9.47 Å². The van der Waals surface area contributed by atoms with E-state index in [0.717, 1.165) is 25.9 Å². The van der Waals surface area contributed by atoms with Gasteiger partial charge in [0.2, 0.25) is 0 Å². The van der Waals surface area contributed by atoms with E-state index in [4.69, 9.17) is 14.6 Å². The Morgan fingerprint density at radius 3 is 2.77 bits per heavy atom. The van der Waals surface area contributed by atoms with Crippen LogP contribution in [0.3, 0.4) is 0 Å². The maximum absolute atomic E-state index is 12.2. The van der Waals surface area contributed by atoms with Crippen molar-refractivity contribution in [1.29, 1.82) is 0 Å². The molecule has 0 saturated carbocycles. The average molecular weight is 307 g/mol. The van der Waals surface area contributed by atoms with Crippen LogP contribution in [-0.4, -0.2) is 48.7 Å². The third kappa shape index (κ3) is 3.90. The molecule has 1 atom stereocenters. The van der Waals surface area contributed by atoms with E-state index in [1.807, 2.05) is 4.90 Å². The molecule has 1 N–H and O–H groups in total. The highest BCUT2D eigenvalue weighted by atomic mass is 16.5. The Bertz CT molecular complexity index is 557. The number of aromatic carboxylic acids is 1. The van der Waals surface area contributed by atoms with Crippen LogP contribution in [0.4, 0.5) is 0 Å². The minimum absolute atomic E-state index is 0.0593. The van der Waals surface area contributed by atoms with Crippen LogP contribution in [0.25, 0.3) is 0 Å². The van der Waals surface area contributed by atoms with Gasteiger partial charge in [-0.05, 0) is 37.0 Å². The van der Waals surface area contributed by atoms with Gasteiger partial charge in [-0.25, -0.2) is 4.79 Å². The number of methoxy groups -OCH3 is 1. The summed E-state index contributed by atoms with van der Waals surface area (Å²) < 4.78 is 10.6. The maximum Gasteiger partial charge on any atom is 0.335 e. The summed E-state index contributed by atoms with van der Waals surface area (Å²) in [5.41, 5.74) is 0.111. The molecule has 22 heavy (non-hydrogen) atoms. The predicted molar refractivity (Wildman–Crippen MR) is 80.4 cm³/mol. The van der Waals surface area contributed by atoms with Crippen LogP contribution in [0, 0.1) is 5.92 Å². The molecule has 0 aliphatic carbocycles. The number of rotatable bonds is 5. The van der Waals surface area contributed by atoms with E-state index in [2.05, 4.69) is 6.92 Å². The lowest BCUT2D eigenvalue weighted by molar-refractivity contribution is -0.135. The highest BCUT2D eigenvalue weighted by Crippen LogP contribution is 2.28. The number of hydrogen-bond acceptors (Lipinski definition) is 4. The summed E-state index contributed by atoms with van der Waals surface area (Å²) in [6.07, 6.45) is 2.17. The molecule has 2 rings (SSSR count). The largest absolute Gasteiger partial charge is 0.493 e. The Hall–Kier alpha value is -2.24. The van der Waals surface area contributed by atoms with Crippen LogP contribution in [0.1, 0.15) is 30.1 Å². The van der Waals surface area contributed by atoms with Gasteiger partial charge in [-0.15, -0.1) is 0 Å². The zero-order valence-electron chi connectivity index (χ0n) is 12.9. The zero-order valence-corrected chi connectivity index (χ0v) is 12.9. The molecule has 1 aliphatic heterocycles. The van der Waals surface area contributed by atoms with Gasteiger partial charge in [-0.2, -0.15) is 0 Å². The summed E-state index contributed by atoms with van der Waals surface area (Å²) in [6.45, 7) is 3.59. The highest BCUT2D eigenvalue weighted by Gasteiger charge is 2.21. The third-order valence-electron chi connectivity index (χ3n) is 3.77. The van der Waals surface area contributed by atoms with E-state index >= 15 is 0 Å². The van der Waals surface area contributed by atoms with Crippen molar-refractivity contribution in [3.63, 3.8) is 0 Å². The SMILES string of the molecule is COc1cc(C(=O)O)ccc1OCC(=O)N1CCCC(C)C1. The van der Waals surface area contributed by atoms with E-state index < -0.39 is 5.97 Å². The number of carbonyl (C=O) groups is 2. The Labute approximate surface area is 129 Å². The van der Waals surface area contributed by atoms with Gasteiger partial charge in [0, 0.05) is 13.1 Å². The fourth-order valence-corrected chi connectivity index (χ4v) is 2.57. The van der Waals surface area contributed by atoms with E-state index in [-0.39, 0.29) is 18.1 Å². The minimum atomic E-state index is -1.04. The highest BCUT2D eigenvalue weighted by molar-refractivity contribution is 5.88. The van der Waals surface area contributed by atoms with Crippen LogP contribution in [0.2, 0.25) is 0 Å². The van der Waals surface area contributed by atoms with Gasteiger partial charge >= 0.3 is 5.97 Å². The summed E-state index contributed by atoms with van der Waals surface area (Å²) in [7, 11) is 1.43. The van der Waals surface area contributed by atoms with Crippen LogP contribution in [0.15, 0.2) is 18.2 Å². The van der Waals surface area contributed by atoms with Crippen LogP contribution >= 0.6 is 0 Å². The molecule has 1 aromatic carbocycles. The molecule has 1 aromatic rings. The molecule has 1 amide bonds. The van der Waals surface area contributed by atoms with Gasteiger partial charge in [0.1, 0.15) is 0 Å². The van der Waals surface area contributed by atoms with Crippen molar-refractivity contribution >= 4 is 11.9 Å². The molecule has 0 spiro atoms. The first-order valence-electron chi connectivity index (χ1n) is 7.33. The summed E-state index contributed by atoms with van der Waals surface area (Å²) in [6, 6.07) is 4.31. The minimum Gasteiger partial charge on any atom is -0.493 e. The topological polar surface area (TPSA) is 76.1 Å². The molecular formula is C16H21NO5. The first-order chi connectivity index (χ1) is 10.5. The fourth-order valence-electron chi connectivity index (χ4n) is 2.57. The summed E-state index contributed by atoms with van der Waals surface area (Å²) in [5, 5.41) is 8.95. The lowest BCUT2D eigenvalue weighted by Gasteiger charge is -2.30. The molecule has 0 aromatic heterocycles. The van der Waals surface area contributed by atoms with E-state index in [9.17, 15) is 9.59 Å². The van der Waals surface area contributed by atoms with Gasteiger partial charge < -0.3 is 19.5 Å². The van der Waals surface area contributed by atoms with Gasteiger partial charge in [-0.3, -0.25) is 4.79 Å². The number of carboxylic acids is 1. The third-order valence-corrected chi connectivity index (χ3v) is 3.77. The van der Waals surface area contributed by atoms with Crippen molar-refractivity contribution in [2.45, 2.75) is 19.8 Å². The summed E-state index contributed by atoms with van der Waals surface area (Å²) >= 11 is 0. The second-order valence-corrected chi connectivity index (χ2v) is 5.55. The number of benzene rings is 1. The van der Waals surface area contributed by atoms with Crippen molar-refractivity contribution in [2.75, 3.05) is 26.8 Å². The van der Waals surface area contributed by atoms with Crippen LogP contribution in [0.5, 0.6) is 11.5 Å². The Kier molecular flexibility index (Phi) is 5.25. The molecule has 1 unspecified atom stereocenters. The molecule has 1 fully saturated rings. The molecule has 0 bridgehead atoms. The molecule has 1 heterocycles. The standard InChI is InChI=1S/C16H21NO5/c1-11-4-3-7-17(9-11)15(18)10-22-13-6-5-12(16(19)20)8-14(13)21-2/h5-6,8,11H,3-4,7,9-10H2,1-2H3,(H,19,20). The fraction of sp³-hybridized carbons (Fsp3) is 0.500. The van der Waals surface area contributed by atoms with Gasteiger partial charge in [0.05, 0.1) is 12.7 Å². The number of hydrogen-bond donors (Lipinski definition) is 1. The van der Waals surface area contributed by atoms with E-state index in [0.29, 0.717) is 17.4 Å². The van der Waals surface area contributed by atoms with Gasteiger partial charge in [0.15, 0.2) is 18.1 Å². The van der Waals surface area contributed by atoms with Crippen molar-refractivity contribution in [3.05, 3.63) is 23.8 Å². The predicted octanol–water partition coefficient (Wildman–Crippen LogP) is 2.03. The number of likely N-dealkylation sites (tertiary alicyclic amines) is 1. The van der Waals surface area contributed by atoms with Gasteiger partial charge in [0.25, 0.3) is 5.91 Å². The number of carbonyl (C=O) groups excluding carboxylic acids is 1. The Morgan fingerprint density at radius 1 is 1.36 bits per heavy atom. The Balaban J connectivity index is 1.98. The molecule has 6 heteroatoms. The summed E-state index contributed by atoms with van der Waals surface area (Å²) in [4.78, 5) is 24.9. The molecule has 0 radical (unpaired) electrons. The normalized spacial score (nSPS) is 17.9. The lowest BCUT2D eigenvalue weighted by atomic mass is 10.0. The maximum atomic E-state index is 12.2. The molecule has 6 nitrogen and oxygen atoms in total. The number of piperidine rings is 1. The zero-order chi connectivity index (χ0) is 16.1. The van der Waals surface area contributed by atoms with Crippen molar-refractivity contribution in [2.24, 2.45) is 5.92 Å². The van der Waals surface area contributed by atoms with Crippen molar-refractivity contribution in [1.82, 2.24) is 4.90 Å². The van der Waals surface area contributed by atoms with Crippen molar-refractivity contribution in [3.8, 4) is 11.5 Å². The molecule has 120 valence electrons. The van der Waals surface area contributed by atoms with E-state index in [1.165, 1.54) is 25.3 Å². The first-order valence-corrected chi connectivity index (χ1v) is 7.33.